The zero-order valence-corrected chi connectivity index (χ0v) is 14.3. The number of likely N-dealkylation sites (tertiary alicyclic amines) is 1. The molecule has 0 amide bonds. The number of hydrogen-bond donors (Lipinski definition) is 1. The molecule has 6 nitrogen and oxygen atoms in total. The Bertz CT molecular complexity index is 580. The van der Waals surface area contributed by atoms with Crippen molar-refractivity contribution in [1.29, 1.82) is 0 Å². The lowest BCUT2D eigenvalue weighted by Crippen LogP contribution is -2.40. The molecule has 1 N–H and O–H groups in total. The summed E-state index contributed by atoms with van der Waals surface area (Å²) in [5, 5.41) is 4.11. The highest BCUT2D eigenvalue weighted by Crippen LogP contribution is 2.21. The van der Waals surface area contributed by atoms with Gasteiger partial charge in [0.2, 0.25) is 10.0 Å². The quantitative estimate of drug-likeness (QED) is 0.894. The van der Waals surface area contributed by atoms with Crippen LogP contribution in [0.2, 0.25) is 0 Å². The molecular weight excluding hydrogens is 288 g/mol. The second-order valence-electron chi connectivity index (χ2n) is 6.50. The number of sulfonamides is 1. The SMILES string of the molecule is CC(C)N1C[C@H](NS(=O)(=O)c2cnn(C(C)C)c2)[C@@H](C)C1. The van der Waals surface area contributed by atoms with Crippen LogP contribution in [-0.4, -0.2) is 48.3 Å². The molecule has 1 aromatic rings. The van der Waals surface area contributed by atoms with E-state index in [4.69, 9.17) is 0 Å². The predicted molar refractivity (Wildman–Crippen MR) is 82.6 cm³/mol. The van der Waals surface area contributed by atoms with Gasteiger partial charge in [-0.05, 0) is 33.6 Å². The van der Waals surface area contributed by atoms with Gasteiger partial charge < -0.3 is 0 Å². The number of hydrogen-bond acceptors (Lipinski definition) is 4. The fourth-order valence-electron chi connectivity index (χ4n) is 2.59. The minimum absolute atomic E-state index is 0.0419. The summed E-state index contributed by atoms with van der Waals surface area (Å²) in [5.74, 6) is 0.308. The van der Waals surface area contributed by atoms with Crippen molar-refractivity contribution < 1.29 is 8.42 Å². The van der Waals surface area contributed by atoms with Gasteiger partial charge in [-0.2, -0.15) is 5.10 Å². The van der Waals surface area contributed by atoms with Crippen LogP contribution < -0.4 is 4.72 Å². The van der Waals surface area contributed by atoms with Crippen molar-refractivity contribution in [1.82, 2.24) is 19.4 Å². The van der Waals surface area contributed by atoms with Crippen molar-refractivity contribution in [2.24, 2.45) is 5.92 Å². The van der Waals surface area contributed by atoms with Gasteiger partial charge in [0.1, 0.15) is 4.90 Å². The highest BCUT2D eigenvalue weighted by molar-refractivity contribution is 7.89. The van der Waals surface area contributed by atoms with Crippen LogP contribution in [0.4, 0.5) is 0 Å². The normalized spacial score (nSPS) is 24.3. The molecule has 2 atom stereocenters. The van der Waals surface area contributed by atoms with E-state index in [1.807, 2.05) is 13.8 Å². The zero-order chi connectivity index (χ0) is 15.8. The maximum Gasteiger partial charge on any atom is 0.243 e. The topological polar surface area (TPSA) is 67.2 Å². The van der Waals surface area contributed by atoms with Gasteiger partial charge in [0, 0.05) is 37.4 Å². The van der Waals surface area contributed by atoms with E-state index < -0.39 is 10.0 Å². The summed E-state index contributed by atoms with van der Waals surface area (Å²) in [6.45, 7) is 12.0. The first-order chi connectivity index (χ1) is 9.70. The highest BCUT2D eigenvalue weighted by Gasteiger charge is 2.34. The zero-order valence-electron chi connectivity index (χ0n) is 13.4. The molecule has 0 spiro atoms. The van der Waals surface area contributed by atoms with Crippen molar-refractivity contribution in [3.05, 3.63) is 12.4 Å². The molecule has 2 rings (SSSR count). The minimum Gasteiger partial charge on any atom is -0.299 e. The molecule has 1 aliphatic rings. The molecule has 0 unspecified atom stereocenters. The summed E-state index contributed by atoms with van der Waals surface area (Å²) in [7, 11) is -3.50. The molecule has 0 saturated carbocycles. The van der Waals surface area contributed by atoms with Gasteiger partial charge >= 0.3 is 0 Å². The summed E-state index contributed by atoms with van der Waals surface area (Å²) in [4.78, 5) is 2.54. The first-order valence-corrected chi connectivity index (χ1v) is 8.99. The number of nitrogens with one attached hydrogen (secondary N) is 1. The van der Waals surface area contributed by atoms with Crippen LogP contribution in [0.25, 0.3) is 0 Å². The van der Waals surface area contributed by atoms with Gasteiger partial charge in [0.15, 0.2) is 0 Å². The molecule has 1 aromatic heterocycles. The Morgan fingerprint density at radius 1 is 1.24 bits per heavy atom. The number of aromatic nitrogens is 2. The van der Waals surface area contributed by atoms with E-state index in [1.165, 1.54) is 6.20 Å². The Hall–Kier alpha value is -0.920. The van der Waals surface area contributed by atoms with Gasteiger partial charge in [-0.3, -0.25) is 9.58 Å². The second-order valence-corrected chi connectivity index (χ2v) is 8.22. The van der Waals surface area contributed by atoms with Crippen LogP contribution in [-0.2, 0) is 10.0 Å². The Morgan fingerprint density at radius 2 is 1.90 bits per heavy atom. The van der Waals surface area contributed by atoms with Crippen LogP contribution in [0.1, 0.15) is 40.7 Å². The van der Waals surface area contributed by atoms with Gasteiger partial charge in [-0.15, -0.1) is 0 Å². The molecule has 0 aliphatic carbocycles. The first kappa shape index (κ1) is 16.5. The fourth-order valence-corrected chi connectivity index (χ4v) is 3.86. The lowest BCUT2D eigenvalue weighted by atomic mass is 10.1. The van der Waals surface area contributed by atoms with E-state index in [0.717, 1.165) is 13.1 Å². The Kier molecular flexibility index (Phi) is 4.75. The molecule has 0 aromatic carbocycles. The molecule has 120 valence electrons. The molecule has 21 heavy (non-hydrogen) atoms. The molecule has 0 radical (unpaired) electrons. The van der Waals surface area contributed by atoms with E-state index in [1.54, 1.807) is 10.9 Å². The summed E-state index contributed by atoms with van der Waals surface area (Å²) in [6.07, 6.45) is 3.01. The third-order valence-corrected chi connectivity index (χ3v) is 5.54. The van der Waals surface area contributed by atoms with E-state index in [9.17, 15) is 8.42 Å². The average Bonchev–Trinajstić information content (AvgIpc) is 2.97. The second kappa shape index (κ2) is 6.06. The molecule has 2 heterocycles. The van der Waals surface area contributed by atoms with Crippen LogP contribution in [0.5, 0.6) is 0 Å². The molecular formula is C14H26N4O2S. The third-order valence-electron chi connectivity index (χ3n) is 4.09. The van der Waals surface area contributed by atoms with Crippen molar-refractivity contribution >= 4 is 10.0 Å². The maximum absolute atomic E-state index is 12.5. The molecule has 1 aliphatic heterocycles. The lowest BCUT2D eigenvalue weighted by Gasteiger charge is -2.20. The van der Waals surface area contributed by atoms with Gasteiger partial charge in [0.25, 0.3) is 0 Å². The van der Waals surface area contributed by atoms with Crippen molar-refractivity contribution in [2.75, 3.05) is 13.1 Å². The summed E-state index contributed by atoms with van der Waals surface area (Å²) < 4.78 is 29.4. The van der Waals surface area contributed by atoms with Crippen molar-refractivity contribution in [2.45, 2.75) is 57.6 Å². The summed E-state index contributed by atoms with van der Waals surface area (Å²) in [5.41, 5.74) is 0. The van der Waals surface area contributed by atoms with Crippen molar-refractivity contribution in [3.63, 3.8) is 0 Å². The number of nitrogens with zero attached hydrogens (tertiary/aromatic N) is 3. The van der Waals surface area contributed by atoms with E-state index >= 15 is 0 Å². The Labute approximate surface area is 127 Å². The minimum atomic E-state index is -3.50. The van der Waals surface area contributed by atoms with Gasteiger partial charge in [0.05, 0.1) is 6.20 Å². The molecule has 1 saturated heterocycles. The molecule has 0 bridgehead atoms. The largest absolute Gasteiger partial charge is 0.299 e. The smallest absolute Gasteiger partial charge is 0.243 e. The van der Waals surface area contributed by atoms with E-state index in [0.29, 0.717) is 12.0 Å². The van der Waals surface area contributed by atoms with Crippen LogP contribution in [0.3, 0.4) is 0 Å². The van der Waals surface area contributed by atoms with E-state index in [2.05, 4.69) is 35.5 Å². The fraction of sp³-hybridized carbons (Fsp3) is 0.786. The van der Waals surface area contributed by atoms with E-state index in [-0.39, 0.29) is 17.0 Å². The summed E-state index contributed by atoms with van der Waals surface area (Å²) in [6, 6.07) is 0.543. The average molecular weight is 314 g/mol. The monoisotopic (exact) mass is 314 g/mol. The van der Waals surface area contributed by atoms with Crippen molar-refractivity contribution in [3.8, 4) is 0 Å². The Morgan fingerprint density at radius 3 is 2.38 bits per heavy atom. The van der Waals surface area contributed by atoms with Gasteiger partial charge in [-0.1, -0.05) is 6.92 Å². The third kappa shape index (κ3) is 3.64. The van der Waals surface area contributed by atoms with Crippen LogP contribution >= 0.6 is 0 Å². The summed E-state index contributed by atoms with van der Waals surface area (Å²) >= 11 is 0. The maximum atomic E-state index is 12.5. The number of rotatable bonds is 5. The Balaban J connectivity index is 2.10. The predicted octanol–water partition coefficient (Wildman–Crippen LogP) is 1.47. The lowest BCUT2D eigenvalue weighted by molar-refractivity contribution is 0.265. The standard InChI is InChI=1S/C14H26N4O2S/c1-10(2)17-7-12(5)14(9-17)16-21(19,20)13-6-15-18(8-13)11(3)4/h6,8,10-12,14,16H,7,9H2,1-5H3/t12-,14-/m0/s1. The van der Waals surface area contributed by atoms with Crippen LogP contribution in [0, 0.1) is 5.92 Å². The first-order valence-electron chi connectivity index (χ1n) is 7.51. The molecule has 7 heteroatoms. The highest BCUT2D eigenvalue weighted by atomic mass is 32.2. The molecule has 1 fully saturated rings. The van der Waals surface area contributed by atoms with Gasteiger partial charge in [-0.25, -0.2) is 13.1 Å². The van der Waals surface area contributed by atoms with Crippen LogP contribution in [0.15, 0.2) is 17.3 Å².